The van der Waals surface area contributed by atoms with Crippen LogP contribution in [0.25, 0.3) is 0 Å². The monoisotopic (exact) mass is 240 g/mol. The van der Waals surface area contributed by atoms with Gasteiger partial charge in [0, 0.05) is 19.7 Å². The summed E-state index contributed by atoms with van der Waals surface area (Å²) in [6.07, 6.45) is 3.09. The summed E-state index contributed by atoms with van der Waals surface area (Å²) in [5.41, 5.74) is 5.68. The van der Waals surface area contributed by atoms with E-state index in [4.69, 9.17) is 15.3 Å². The molecule has 0 aliphatic carbocycles. The molecule has 1 aromatic heterocycles. The molecule has 17 heavy (non-hydrogen) atoms. The van der Waals surface area contributed by atoms with Crippen molar-refractivity contribution < 1.29 is 9.52 Å². The first-order chi connectivity index (χ1) is 8.20. The number of nitrogens with two attached hydrogens (primary N) is 1. The van der Waals surface area contributed by atoms with Gasteiger partial charge in [0.25, 0.3) is 0 Å². The smallest absolute Gasteiger partial charge is 0.318 e. The lowest BCUT2D eigenvalue weighted by atomic mass is 9.95. The van der Waals surface area contributed by atoms with Gasteiger partial charge in [-0.25, -0.2) is 0 Å². The number of hydrogen-bond donors (Lipinski definition) is 2. The lowest BCUT2D eigenvalue weighted by molar-refractivity contribution is 0.242. The predicted octanol–water partition coefficient (Wildman–Crippen LogP) is 0.688. The molecule has 0 amide bonds. The van der Waals surface area contributed by atoms with Crippen LogP contribution in [0.3, 0.4) is 0 Å². The number of aliphatic hydroxyl groups excluding tert-OH is 1. The summed E-state index contributed by atoms with van der Waals surface area (Å²) in [5, 5.41) is 16.9. The van der Waals surface area contributed by atoms with Crippen molar-refractivity contribution in [3.8, 4) is 0 Å². The SMILES string of the molecule is CC(N)c1nnc(N2CCCC(CCO)C2)o1. The van der Waals surface area contributed by atoms with E-state index in [-0.39, 0.29) is 12.6 Å². The van der Waals surface area contributed by atoms with E-state index in [2.05, 4.69) is 15.1 Å². The van der Waals surface area contributed by atoms with Crippen LogP contribution in [0.4, 0.5) is 6.01 Å². The van der Waals surface area contributed by atoms with Gasteiger partial charge >= 0.3 is 6.01 Å². The molecule has 0 bridgehead atoms. The highest BCUT2D eigenvalue weighted by molar-refractivity contribution is 5.25. The largest absolute Gasteiger partial charge is 0.406 e. The van der Waals surface area contributed by atoms with Crippen LogP contribution < -0.4 is 10.6 Å². The Hall–Kier alpha value is -1.14. The third kappa shape index (κ3) is 2.95. The van der Waals surface area contributed by atoms with Gasteiger partial charge in [-0.15, -0.1) is 5.10 Å². The van der Waals surface area contributed by atoms with Gasteiger partial charge in [-0.1, -0.05) is 5.10 Å². The zero-order valence-electron chi connectivity index (χ0n) is 10.2. The molecule has 2 unspecified atom stereocenters. The molecule has 2 heterocycles. The Morgan fingerprint density at radius 2 is 2.41 bits per heavy atom. The Kier molecular flexibility index (Phi) is 3.96. The van der Waals surface area contributed by atoms with Crippen LogP contribution in [0.2, 0.25) is 0 Å². The van der Waals surface area contributed by atoms with E-state index in [1.54, 1.807) is 0 Å². The molecule has 1 saturated heterocycles. The Balaban J connectivity index is 2.00. The first-order valence-corrected chi connectivity index (χ1v) is 6.15. The van der Waals surface area contributed by atoms with Gasteiger partial charge in [0.05, 0.1) is 6.04 Å². The maximum atomic E-state index is 8.97. The second-order valence-corrected chi connectivity index (χ2v) is 4.68. The minimum atomic E-state index is -0.228. The number of aliphatic hydroxyl groups is 1. The van der Waals surface area contributed by atoms with E-state index < -0.39 is 0 Å². The van der Waals surface area contributed by atoms with E-state index in [1.165, 1.54) is 0 Å². The van der Waals surface area contributed by atoms with E-state index >= 15 is 0 Å². The second kappa shape index (κ2) is 5.46. The lowest BCUT2D eigenvalue weighted by Crippen LogP contribution is -2.36. The highest BCUT2D eigenvalue weighted by atomic mass is 16.4. The predicted molar refractivity (Wildman–Crippen MR) is 63.5 cm³/mol. The zero-order chi connectivity index (χ0) is 12.3. The second-order valence-electron chi connectivity index (χ2n) is 4.68. The first kappa shape index (κ1) is 12.3. The third-order valence-corrected chi connectivity index (χ3v) is 3.15. The van der Waals surface area contributed by atoms with E-state index in [9.17, 15) is 0 Å². The van der Waals surface area contributed by atoms with Crippen LogP contribution in [0.15, 0.2) is 4.42 Å². The number of aromatic nitrogens is 2. The van der Waals surface area contributed by atoms with Gasteiger partial charge in [-0.2, -0.15) is 0 Å². The normalized spacial score (nSPS) is 22.8. The van der Waals surface area contributed by atoms with Crippen molar-refractivity contribution >= 4 is 6.01 Å². The molecular weight excluding hydrogens is 220 g/mol. The Morgan fingerprint density at radius 1 is 1.59 bits per heavy atom. The van der Waals surface area contributed by atoms with Crippen LogP contribution in [0, 0.1) is 5.92 Å². The van der Waals surface area contributed by atoms with Crippen LogP contribution >= 0.6 is 0 Å². The fraction of sp³-hybridized carbons (Fsp3) is 0.818. The number of rotatable bonds is 4. The molecule has 1 aromatic rings. The molecule has 0 spiro atoms. The van der Waals surface area contributed by atoms with Gasteiger partial charge in [-0.05, 0) is 32.1 Å². The van der Waals surface area contributed by atoms with Gasteiger partial charge in [0.15, 0.2) is 0 Å². The summed E-state index contributed by atoms with van der Waals surface area (Å²) in [7, 11) is 0. The summed E-state index contributed by atoms with van der Waals surface area (Å²) in [4.78, 5) is 2.09. The molecule has 6 heteroatoms. The molecule has 96 valence electrons. The summed E-state index contributed by atoms with van der Waals surface area (Å²) in [6, 6.07) is 0.328. The van der Waals surface area contributed by atoms with Crippen molar-refractivity contribution in [2.24, 2.45) is 11.7 Å². The average Bonchev–Trinajstić information content (AvgIpc) is 2.79. The summed E-state index contributed by atoms with van der Waals surface area (Å²) in [5.74, 6) is 0.990. The van der Waals surface area contributed by atoms with Gasteiger partial charge in [-0.3, -0.25) is 0 Å². The Morgan fingerprint density at radius 3 is 3.06 bits per heavy atom. The van der Waals surface area contributed by atoms with Crippen LogP contribution in [-0.4, -0.2) is 35.0 Å². The van der Waals surface area contributed by atoms with Crippen molar-refractivity contribution in [3.63, 3.8) is 0 Å². The minimum absolute atomic E-state index is 0.228. The zero-order valence-corrected chi connectivity index (χ0v) is 10.2. The third-order valence-electron chi connectivity index (χ3n) is 3.15. The number of nitrogens with zero attached hydrogens (tertiary/aromatic N) is 3. The molecule has 2 rings (SSSR count). The van der Waals surface area contributed by atoms with Crippen LogP contribution in [0.1, 0.15) is 38.1 Å². The minimum Gasteiger partial charge on any atom is -0.406 e. The topological polar surface area (TPSA) is 88.4 Å². The molecule has 1 fully saturated rings. The van der Waals surface area contributed by atoms with Gasteiger partial charge < -0.3 is 20.2 Å². The van der Waals surface area contributed by atoms with E-state index in [0.717, 1.165) is 32.4 Å². The quantitative estimate of drug-likeness (QED) is 0.805. The maximum Gasteiger partial charge on any atom is 0.318 e. The van der Waals surface area contributed by atoms with Crippen molar-refractivity contribution in [2.75, 3.05) is 24.6 Å². The summed E-state index contributed by atoms with van der Waals surface area (Å²) in [6.45, 7) is 3.87. The first-order valence-electron chi connectivity index (χ1n) is 6.15. The molecule has 1 aliphatic rings. The van der Waals surface area contributed by atoms with Crippen molar-refractivity contribution in [1.29, 1.82) is 0 Å². The standard InChI is InChI=1S/C11H20N4O2/c1-8(12)10-13-14-11(17-10)15-5-2-3-9(7-15)4-6-16/h8-9,16H,2-7,12H2,1H3. The van der Waals surface area contributed by atoms with Crippen LogP contribution in [-0.2, 0) is 0 Å². The van der Waals surface area contributed by atoms with Crippen molar-refractivity contribution in [1.82, 2.24) is 10.2 Å². The Bertz CT molecular complexity index is 351. The van der Waals surface area contributed by atoms with Crippen LogP contribution in [0.5, 0.6) is 0 Å². The van der Waals surface area contributed by atoms with Gasteiger partial charge in [0.1, 0.15) is 0 Å². The average molecular weight is 240 g/mol. The highest BCUT2D eigenvalue weighted by Gasteiger charge is 2.23. The summed E-state index contributed by atoms with van der Waals surface area (Å²) >= 11 is 0. The van der Waals surface area contributed by atoms with Crippen molar-refractivity contribution in [2.45, 2.75) is 32.2 Å². The highest BCUT2D eigenvalue weighted by Crippen LogP contribution is 2.24. The van der Waals surface area contributed by atoms with E-state index in [0.29, 0.717) is 17.8 Å². The number of hydrogen-bond acceptors (Lipinski definition) is 6. The fourth-order valence-electron chi connectivity index (χ4n) is 2.20. The molecule has 0 radical (unpaired) electrons. The van der Waals surface area contributed by atoms with Gasteiger partial charge in [0.2, 0.25) is 5.89 Å². The molecule has 0 aromatic carbocycles. The van der Waals surface area contributed by atoms with Crippen molar-refractivity contribution in [3.05, 3.63) is 5.89 Å². The number of anilines is 1. The Labute approximate surface area is 101 Å². The molecular formula is C11H20N4O2. The van der Waals surface area contributed by atoms with E-state index in [1.807, 2.05) is 6.92 Å². The molecule has 2 atom stereocenters. The summed E-state index contributed by atoms with van der Waals surface area (Å²) < 4.78 is 5.53. The molecule has 3 N–H and O–H groups in total. The fourth-order valence-corrected chi connectivity index (χ4v) is 2.20. The maximum absolute atomic E-state index is 8.97. The number of piperidine rings is 1. The lowest BCUT2D eigenvalue weighted by Gasteiger charge is -2.30. The molecule has 0 saturated carbocycles. The molecule has 1 aliphatic heterocycles. The molecule has 6 nitrogen and oxygen atoms in total.